The fourth-order valence-electron chi connectivity index (χ4n) is 4.16. The van der Waals surface area contributed by atoms with Crippen LogP contribution in [0.4, 0.5) is 31.0 Å². The van der Waals surface area contributed by atoms with E-state index in [1.165, 1.54) is 18.2 Å². The first-order chi connectivity index (χ1) is 15.3. The average molecular weight is 448 g/mol. The molecule has 0 bridgehead atoms. The van der Waals surface area contributed by atoms with Crippen molar-refractivity contribution >= 4 is 23.5 Å². The van der Waals surface area contributed by atoms with E-state index in [1.807, 2.05) is 0 Å². The molecule has 0 radical (unpaired) electrons. The summed E-state index contributed by atoms with van der Waals surface area (Å²) < 4.78 is 34.5. The number of hydrogen-bond donors (Lipinski definition) is 3. The Kier molecular flexibility index (Phi) is 6.00. The lowest BCUT2D eigenvalue weighted by Gasteiger charge is -2.36. The number of nitrogens with zero attached hydrogens (tertiary/aromatic N) is 4. The fourth-order valence-corrected chi connectivity index (χ4v) is 4.16. The molecule has 2 aliphatic rings. The zero-order chi connectivity index (χ0) is 23.0. The predicted molar refractivity (Wildman–Crippen MR) is 115 cm³/mol. The molecule has 2 aromatic rings. The summed E-state index contributed by atoms with van der Waals surface area (Å²) in [5, 5.41) is 13.2. The number of ether oxygens (including phenoxy) is 1. The van der Waals surface area contributed by atoms with Gasteiger partial charge in [-0.25, -0.2) is 18.6 Å². The number of aromatic nitrogens is 2. The van der Waals surface area contributed by atoms with Gasteiger partial charge in [-0.15, -0.1) is 0 Å². The zero-order valence-corrected chi connectivity index (χ0v) is 17.9. The Balaban J connectivity index is 1.67. The number of rotatable bonds is 5. The van der Waals surface area contributed by atoms with Gasteiger partial charge in [-0.1, -0.05) is 0 Å². The van der Waals surface area contributed by atoms with E-state index in [2.05, 4.69) is 15.3 Å². The van der Waals surface area contributed by atoms with Crippen LogP contribution in [0.25, 0.3) is 0 Å². The van der Waals surface area contributed by atoms with Crippen LogP contribution in [0.1, 0.15) is 38.2 Å². The van der Waals surface area contributed by atoms with Gasteiger partial charge in [0.05, 0.1) is 13.7 Å². The largest absolute Gasteiger partial charge is 0.505 e. The zero-order valence-electron chi connectivity index (χ0n) is 17.9. The molecule has 0 atom stereocenters. The third kappa shape index (κ3) is 3.88. The molecule has 32 heavy (non-hydrogen) atoms. The van der Waals surface area contributed by atoms with Crippen LogP contribution < -0.4 is 25.6 Å². The van der Waals surface area contributed by atoms with E-state index in [0.717, 1.165) is 36.6 Å². The number of fused-ring (bicyclic) bond motifs is 1. The maximum atomic E-state index is 14.9. The van der Waals surface area contributed by atoms with Crippen molar-refractivity contribution in [3.8, 4) is 11.5 Å². The van der Waals surface area contributed by atoms with Crippen LogP contribution in [0, 0.1) is 11.6 Å². The van der Waals surface area contributed by atoms with Crippen LogP contribution in [0.5, 0.6) is 11.5 Å². The van der Waals surface area contributed by atoms with Gasteiger partial charge in [0.2, 0.25) is 5.95 Å². The van der Waals surface area contributed by atoms with Gasteiger partial charge in [0.25, 0.3) is 0 Å². The standard InChI is InChI=1S/C21H26F2N6O3/c1-3-28-19-11(9-25-20(27-19)26-13-6-4-12(24)5-7-13)10-29(21(28)31)18-16(22)14(30)8-15(32-2)17(18)23/h8-9,12-13,30H,3-7,10,24H2,1-2H3,(H,25,26,27). The van der Waals surface area contributed by atoms with Crippen molar-refractivity contribution in [2.24, 2.45) is 5.73 Å². The summed E-state index contributed by atoms with van der Waals surface area (Å²) >= 11 is 0. The average Bonchev–Trinajstić information content (AvgIpc) is 2.78. The number of methoxy groups -OCH3 is 1. The van der Waals surface area contributed by atoms with Gasteiger partial charge >= 0.3 is 6.03 Å². The Morgan fingerprint density at radius 1 is 1.28 bits per heavy atom. The molecule has 2 heterocycles. The van der Waals surface area contributed by atoms with Crippen LogP contribution in [0.15, 0.2) is 12.3 Å². The summed E-state index contributed by atoms with van der Waals surface area (Å²) in [6.07, 6.45) is 5.19. The number of phenols is 1. The lowest BCUT2D eigenvalue weighted by Crippen LogP contribution is -2.48. The summed E-state index contributed by atoms with van der Waals surface area (Å²) in [6, 6.07) is 0.571. The van der Waals surface area contributed by atoms with Crippen molar-refractivity contribution in [3.05, 3.63) is 29.5 Å². The maximum Gasteiger partial charge on any atom is 0.330 e. The minimum absolute atomic E-state index is 0.163. The maximum absolute atomic E-state index is 14.9. The van der Waals surface area contributed by atoms with Gasteiger partial charge < -0.3 is 20.9 Å². The van der Waals surface area contributed by atoms with E-state index in [0.29, 0.717) is 17.3 Å². The Morgan fingerprint density at radius 3 is 2.66 bits per heavy atom. The number of nitrogens with one attached hydrogen (secondary N) is 1. The van der Waals surface area contributed by atoms with E-state index in [1.54, 1.807) is 6.92 Å². The number of anilines is 3. The molecular formula is C21H26F2N6O3. The first-order valence-electron chi connectivity index (χ1n) is 10.6. The van der Waals surface area contributed by atoms with E-state index < -0.39 is 29.1 Å². The SMILES string of the molecule is CCN1C(=O)N(c2c(F)c(O)cc(OC)c2F)Cc2cnc(NC3CCC(N)CC3)nc21. The first kappa shape index (κ1) is 22.0. The molecular weight excluding hydrogens is 422 g/mol. The van der Waals surface area contributed by atoms with Crippen molar-refractivity contribution in [2.75, 3.05) is 28.8 Å². The highest BCUT2D eigenvalue weighted by atomic mass is 19.1. The molecule has 172 valence electrons. The molecule has 0 unspecified atom stereocenters. The Bertz CT molecular complexity index is 1030. The van der Waals surface area contributed by atoms with Gasteiger partial charge in [-0.3, -0.25) is 9.80 Å². The van der Waals surface area contributed by atoms with Crippen molar-refractivity contribution in [1.82, 2.24) is 9.97 Å². The van der Waals surface area contributed by atoms with E-state index in [-0.39, 0.29) is 30.9 Å². The molecule has 1 aromatic heterocycles. The number of carbonyl (C=O) groups is 1. The normalized spacial score (nSPS) is 20.8. The third-order valence-corrected chi connectivity index (χ3v) is 5.92. The van der Waals surface area contributed by atoms with E-state index in [4.69, 9.17) is 10.5 Å². The molecule has 11 heteroatoms. The Labute approximate surface area is 184 Å². The van der Waals surface area contributed by atoms with Crippen molar-refractivity contribution in [1.29, 1.82) is 0 Å². The summed E-state index contributed by atoms with van der Waals surface area (Å²) in [7, 11) is 1.19. The number of phenolic OH excluding ortho intramolecular Hbond substituents is 1. The number of nitrogens with two attached hydrogens (primary N) is 1. The summed E-state index contributed by atoms with van der Waals surface area (Å²) in [5.74, 6) is -2.74. The number of halogens is 2. The van der Waals surface area contributed by atoms with Gasteiger partial charge in [0.1, 0.15) is 11.5 Å². The number of carbonyl (C=O) groups excluding carboxylic acids is 1. The van der Waals surface area contributed by atoms with Crippen LogP contribution in [-0.2, 0) is 6.54 Å². The van der Waals surface area contributed by atoms with E-state index >= 15 is 0 Å². The molecule has 4 N–H and O–H groups in total. The monoisotopic (exact) mass is 448 g/mol. The second-order valence-corrected chi connectivity index (χ2v) is 7.99. The van der Waals surface area contributed by atoms with Crippen LogP contribution in [0.3, 0.4) is 0 Å². The molecule has 1 aliphatic heterocycles. The minimum atomic E-state index is -1.24. The quantitative estimate of drug-likeness (QED) is 0.643. The second kappa shape index (κ2) is 8.73. The van der Waals surface area contributed by atoms with E-state index in [9.17, 15) is 18.7 Å². The van der Waals surface area contributed by atoms with Gasteiger partial charge in [-0.05, 0) is 32.6 Å². The summed E-state index contributed by atoms with van der Waals surface area (Å²) in [6.45, 7) is 1.79. The smallest absolute Gasteiger partial charge is 0.330 e. The fraction of sp³-hybridized carbons (Fsp3) is 0.476. The molecule has 4 rings (SSSR count). The topological polar surface area (TPSA) is 117 Å². The number of urea groups is 1. The van der Waals surface area contributed by atoms with Crippen LogP contribution >= 0.6 is 0 Å². The van der Waals surface area contributed by atoms with Gasteiger partial charge in [0.15, 0.2) is 23.1 Å². The highest BCUT2D eigenvalue weighted by Crippen LogP contribution is 2.40. The lowest BCUT2D eigenvalue weighted by molar-refractivity contribution is 0.249. The van der Waals surface area contributed by atoms with Crippen LogP contribution in [0.2, 0.25) is 0 Å². The number of benzene rings is 1. The summed E-state index contributed by atoms with van der Waals surface area (Å²) in [5.41, 5.74) is 5.79. The van der Waals surface area contributed by atoms with Gasteiger partial charge in [0, 0.05) is 36.5 Å². The first-order valence-corrected chi connectivity index (χ1v) is 10.6. The summed E-state index contributed by atoms with van der Waals surface area (Å²) in [4.78, 5) is 24.3. The molecule has 1 fully saturated rings. The van der Waals surface area contributed by atoms with Gasteiger partial charge in [-0.2, -0.15) is 4.98 Å². The van der Waals surface area contributed by atoms with Crippen molar-refractivity contribution in [3.63, 3.8) is 0 Å². The molecule has 1 aromatic carbocycles. The molecule has 1 saturated carbocycles. The molecule has 9 nitrogen and oxygen atoms in total. The third-order valence-electron chi connectivity index (χ3n) is 5.92. The number of hydrogen-bond acceptors (Lipinski definition) is 7. The molecule has 0 spiro atoms. The Morgan fingerprint density at radius 2 is 2.00 bits per heavy atom. The Hall–Kier alpha value is -3.21. The van der Waals surface area contributed by atoms with Crippen molar-refractivity contribution < 1.29 is 23.4 Å². The lowest BCUT2D eigenvalue weighted by atomic mass is 9.92. The molecule has 2 amide bonds. The number of amides is 2. The molecule has 0 saturated heterocycles. The minimum Gasteiger partial charge on any atom is -0.505 e. The molecule has 1 aliphatic carbocycles. The van der Waals surface area contributed by atoms with Crippen LogP contribution in [-0.4, -0.2) is 46.8 Å². The number of aromatic hydroxyl groups is 1. The highest BCUT2D eigenvalue weighted by molar-refractivity contribution is 6.05. The second-order valence-electron chi connectivity index (χ2n) is 7.99. The van der Waals surface area contributed by atoms with Crippen molar-refractivity contribution in [2.45, 2.75) is 51.2 Å². The predicted octanol–water partition coefficient (Wildman–Crippen LogP) is 3.12. The highest BCUT2D eigenvalue weighted by Gasteiger charge is 2.37.